The summed E-state index contributed by atoms with van der Waals surface area (Å²) in [6.07, 6.45) is -1.62. The molecule has 2 nitrogen and oxygen atoms in total. The van der Waals surface area contributed by atoms with Crippen LogP contribution in [-0.4, -0.2) is 9.97 Å². The van der Waals surface area contributed by atoms with Crippen molar-refractivity contribution in [2.45, 2.75) is 6.18 Å². The quantitative estimate of drug-likeness (QED) is 0.751. The van der Waals surface area contributed by atoms with E-state index in [9.17, 15) is 13.2 Å². The average Bonchev–Trinajstić information content (AvgIpc) is 2.69. The highest BCUT2D eigenvalue weighted by molar-refractivity contribution is 7.13. The zero-order valence-corrected chi connectivity index (χ0v) is 8.14. The molecule has 2 heterocycles. The van der Waals surface area contributed by atoms with Crippen LogP contribution in [0.1, 0.15) is 5.56 Å². The Kier molecular flexibility index (Phi) is 2.44. The van der Waals surface area contributed by atoms with Gasteiger partial charge in [0, 0.05) is 17.8 Å². The maximum atomic E-state index is 12.6. The lowest BCUT2D eigenvalue weighted by molar-refractivity contribution is -0.137. The van der Waals surface area contributed by atoms with E-state index < -0.39 is 11.7 Å². The molecule has 0 saturated heterocycles. The Hall–Kier alpha value is -1.43. The summed E-state index contributed by atoms with van der Waals surface area (Å²) in [5.41, 5.74) is -0.861. The summed E-state index contributed by atoms with van der Waals surface area (Å²) in [5.74, 6) is 0. The minimum absolute atomic E-state index is 0.111. The van der Waals surface area contributed by atoms with Crippen LogP contribution in [-0.2, 0) is 6.18 Å². The van der Waals surface area contributed by atoms with Crippen molar-refractivity contribution in [1.29, 1.82) is 0 Å². The van der Waals surface area contributed by atoms with E-state index in [1.807, 2.05) is 0 Å². The Morgan fingerprint density at radius 1 is 1.13 bits per heavy atom. The van der Waals surface area contributed by atoms with Gasteiger partial charge in [-0.2, -0.15) is 13.2 Å². The molecule has 0 fully saturated rings. The molecule has 0 N–H and O–H groups in total. The van der Waals surface area contributed by atoms with Gasteiger partial charge in [0.2, 0.25) is 0 Å². The first-order chi connectivity index (χ1) is 7.09. The number of pyridine rings is 1. The Morgan fingerprint density at radius 3 is 2.53 bits per heavy atom. The van der Waals surface area contributed by atoms with Crippen LogP contribution < -0.4 is 0 Å². The fourth-order valence-corrected chi connectivity index (χ4v) is 1.79. The number of thiazole rings is 1. The third-order valence-electron chi connectivity index (χ3n) is 1.75. The number of nitrogens with zero attached hydrogens (tertiary/aromatic N) is 2. The Labute approximate surface area is 87.4 Å². The first-order valence-corrected chi connectivity index (χ1v) is 4.89. The van der Waals surface area contributed by atoms with Crippen LogP contribution in [0.5, 0.6) is 0 Å². The van der Waals surface area contributed by atoms with E-state index >= 15 is 0 Å². The summed E-state index contributed by atoms with van der Waals surface area (Å²) >= 11 is 1.13. The molecule has 0 saturated carbocycles. The Bertz CT molecular complexity index is 451. The summed E-state index contributed by atoms with van der Waals surface area (Å²) in [6, 6.07) is 2.27. The van der Waals surface area contributed by atoms with Crippen molar-refractivity contribution in [2.75, 3.05) is 0 Å². The van der Waals surface area contributed by atoms with E-state index in [-0.39, 0.29) is 10.7 Å². The van der Waals surface area contributed by atoms with Crippen molar-refractivity contribution in [1.82, 2.24) is 9.97 Å². The van der Waals surface area contributed by atoms with Crippen molar-refractivity contribution < 1.29 is 13.2 Å². The molecule has 78 valence electrons. The number of alkyl halides is 3. The molecule has 0 radical (unpaired) electrons. The molecule has 0 spiro atoms. The SMILES string of the molecule is FC(F)(F)c1cccnc1-c1nccs1. The Balaban J connectivity index is 2.58. The molecule has 2 aromatic rings. The number of hydrogen-bond donors (Lipinski definition) is 0. The van der Waals surface area contributed by atoms with Gasteiger partial charge in [-0.25, -0.2) is 4.98 Å². The fraction of sp³-hybridized carbons (Fsp3) is 0.111. The lowest BCUT2D eigenvalue weighted by Crippen LogP contribution is -2.07. The van der Waals surface area contributed by atoms with Gasteiger partial charge in [-0.05, 0) is 12.1 Å². The minimum atomic E-state index is -4.39. The van der Waals surface area contributed by atoms with Gasteiger partial charge in [0.1, 0.15) is 10.7 Å². The van der Waals surface area contributed by atoms with E-state index in [1.54, 1.807) is 5.38 Å². The molecule has 0 aliphatic rings. The van der Waals surface area contributed by atoms with Gasteiger partial charge in [0.05, 0.1) is 5.56 Å². The highest BCUT2D eigenvalue weighted by atomic mass is 32.1. The second-order valence-electron chi connectivity index (χ2n) is 2.73. The number of hydrogen-bond acceptors (Lipinski definition) is 3. The van der Waals surface area contributed by atoms with Gasteiger partial charge < -0.3 is 0 Å². The van der Waals surface area contributed by atoms with Crippen LogP contribution in [0.2, 0.25) is 0 Å². The molecule has 0 amide bonds. The number of halogens is 3. The molecular weight excluding hydrogens is 225 g/mol. The maximum absolute atomic E-state index is 12.6. The van der Waals surface area contributed by atoms with Gasteiger partial charge in [0.25, 0.3) is 0 Å². The maximum Gasteiger partial charge on any atom is 0.418 e. The summed E-state index contributed by atoms with van der Waals surface area (Å²) in [7, 11) is 0. The second kappa shape index (κ2) is 3.62. The average molecular weight is 230 g/mol. The molecule has 15 heavy (non-hydrogen) atoms. The highest BCUT2D eigenvalue weighted by Gasteiger charge is 2.34. The molecule has 2 aromatic heterocycles. The predicted octanol–water partition coefficient (Wildman–Crippen LogP) is 3.22. The fourth-order valence-electron chi connectivity index (χ4n) is 1.14. The zero-order valence-electron chi connectivity index (χ0n) is 7.32. The standard InChI is InChI=1S/C9H5F3N2S/c10-9(11,12)6-2-1-3-13-7(6)8-14-4-5-15-8/h1-5H. The van der Waals surface area contributed by atoms with Crippen molar-refractivity contribution in [3.8, 4) is 10.7 Å². The van der Waals surface area contributed by atoms with E-state index in [0.717, 1.165) is 17.4 Å². The molecule has 0 aromatic carbocycles. The third kappa shape index (κ3) is 1.99. The van der Waals surface area contributed by atoms with Gasteiger partial charge in [-0.15, -0.1) is 11.3 Å². The minimum Gasteiger partial charge on any atom is -0.253 e. The summed E-state index contributed by atoms with van der Waals surface area (Å²) in [6.45, 7) is 0. The van der Waals surface area contributed by atoms with Gasteiger partial charge in [0.15, 0.2) is 0 Å². The molecule has 0 atom stereocenters. The normalized spacial score (nSPS) is 11.7. The smallest absolute Gasteiger partial charge is 0.253 e. The lowest BCUT2D eigenvalue weighted by Gasteiger charge is -2.09. The monoisotopic (exact) mass is 230 g/mol. The van der Waals surface area contributed by atoms with Crippen LogP contribution in [0.15, 0.2) is 29.9 Å². The predicted molar refractivity (Wildman–Crippen MR) is 50.3 cm³/mol. The van der Waals surface area contributed by atoms with Crippen LogP contribution in [0.3, 0.4) is 0 Å². The van der Waals surface area contributed by atoms with Crippen molar-refractivity contribution in [2.24, 2.45) is 0 Å². The van der Waals surface area contributed by atoms with E-state index in [1.165, 1.54) is 18.5 Å². The first-order valence-electron chi connectivity index (χ1n) is 4.01. The van der Waals surface area contributed by atoms with Crippen LogP contribution in [0.25, 0.3) is 10.7 Å². The molecule has 0 bridgehead atoms. The van der Waals surface area contributed by atoms with E-state index in [0.29, 0.717) is 0 Å². The molecular formula is C9H5F3N2S. The van der Waals surface area contributed by atoms with Crippen LogP contribution in [0.4, 0.5) is 13.2 Å². The number of aromatic nitrogens is 2. The third-order valence-corrected chi connectivity index (χ3v) is 2.53. The molecule has 0 unspecified atom stereocenters. The van der Waals surface area contributed by atoms with Gasteiger partial charge in [-0.3, -0.25) is 4.98 Å². The molecule has 0 aliphatic carbocycles. The Morgan fingerprint density at radius 2 is 1.93 bits per heavy atom. The zero-order chi connectivity index (χ0) is 10.9. The summed E-state index contributed by atoms with van der Waals surface area (Å²) in [4.78, 5) is 7.53. The largest absolute Gasteiger partial charge is 0.418 e. The van der Waals surface area contributed by atoms with E-state index in [4.69, 9.17) is 0 Å². The van der Waals surface area contributed by atoms with Crippen molar-refractivity contribution in [3.63, 3.8) is 0 Å². The van der Waals surface area contributed by atoms with Crippen molar-refractivity contribution >= 4 is 11.3 Å². The molecule has 6 heteroatoms. The van der Waals surface area contributed by atoms with Crippen molar-refractivity contribution in [3.05, 3.63) is 35.5 Å². The first kappa shape index (κ1) is 10.1. The number of rotatable bonds is 1. The highest BCUT2D eigenvalue weighted by Crippen LogP contribution is 2.35. The van der Waals surface area contributed by atoms with Crippen LogP contribution in [0, 0.1) is 0 Å². The lowest BCUT2D eigenvalue weighted by atomic mass is 10.2. The molecule has 0 aliphatic heterocycles. The second-order valence-corrected chi connectivity index (χ2v) is 3.63. The van der Waals surface area contributed by atoms with Gasteiger partial charge >= 0.3 is 6.18 Å². The van der Waals surface area contributed by atoms with Crippen LogP contribution >= 0.6 is 11.3 Å². The summed E-state index contributed by atoms with van der Waals surface area (Å²) < 4.78 is 37.7. The molecule has 2 rings (SSSR count). The van der Waals surface area contributed by atoms with Gasteiger partial charge in [-0.1, -0.05) is 0 Å². The summed E-state index contributed by atoms with van der Waals surface area (Å²) in [5, 5.41) is 1.90. The van der Waals surface area contributed by atoms with E-state index in [2.05, 4.69) is 9.97 Å². The topological polar surface area (TPSA) is 25.8 Å².